The van der Waals surface area contributed by atoms with E-state index in [1.165, 1.54) is 0 Å². The van der Waals surface area contributed by atoms with Crippen LogP contribution in [0.2, 0.25) is 0 Å². The fourth-order valence-electron chi connectivity index (χ4n) is 2.89. The molecular formula is C16H20N6. The molecule has 0 aromatic carbocycles. The molecule has 0 aliphatic carbocycles. The minimum atomic E-state index is 0.388. The first-order chi connectivity index (χ1) is 10.7. The number of pyridine rings is 1. The molecule has 1 saturated heterocycles. The Bertz CT molecular complexity index is 686. The smallest absolute Gasteiger partial charge is 0.146 e. The highest BCUT2D eigenvalue weighted by molar-refractivity contribution is 5.53. The van der Waals surface area contributed by atoms with Crippen LogP contribution in [0.5, 0.6) is 0 Å². The lowest BCUT2D eigenvalue weighted by molar-refractivity contribution is 0.174. The quantitative estimate of drug-likeness (QED) is 0.857. The Labute approximate surface area is 130 Å². The first kappa shape index (κ1) is 14.5. The van der Waals surface area contributed by atoms with E-state index < -0.39 is 0 Å². The van der Waals surface area contributed by atoms with Crippen molar-refractivity contribution in [2.24, 2.45) is 7.05 Å². The lowest BCUT2D eigenvalue weighted by Crippen LogP contribution is -2.52. The summed E-state index contributed by atoms with van der Waals surface area (Å²) in [5, 5.41) is 9.23. The lowest BCUT2D eigenvalue weighted by atomic mass is 10.1. The third-order valence-electron chi connectivity index (χ3n) is 4.24. The number of rotatable bonds is 3. The second-order valence-electron chi connectivity index (χ2n) is 5.71. The molecule has 3 rings (SSSR count). The van der Waals surface area contributed by atoms with Gasteiger partial charge in [-0.25, -0.2) is 9.97 Å². The number of piperazine rings is 1. The van der Waals surface area contributed by atoms with Crippen molar-refractivity contribution >= 4 is 5.82 Å². The van der Waals surface area contributed by atoms with Crippen LogP contribution < -0.4 is 4.90 Å². The van der Waals surface area contributed by atoms with Gasteiger partial charge in [0.25, 0.3) is 0 Å². The Kier molecular flexibility index (Phi) is 4.07. The topological polar surface area (TPSA) is 61.0 Å². The maximum atomic E-state index is 9.23. The Morgan fingerprint density at radius 3 is 2.86 bits per heavy atom. The molecular weight excluding hydrogens is 276 g/mol. The zero-order valence-electron chi connectivity index (χ0n) is 13.0. The van der Waals surface area contributed by atoms with Gasteiger partial charge in [-0.15, -0.1) is 0 Å². The van der Waals surface area contributed by atoms with Crippen molar-refractivity contribution in [3.05, 3.63) is 42.1 Å². The predicted octanol–water partition coefficient (Wildman–Crippen LogP) is 1.40. The summed E-state index contributed by atoms with van der Waals surface area (Å²) < 4.78 is 2.06. The zero-order chi connectivity index (χ0) is 15.5. The van der Waals surface area contributed by atoms with Gasteiger partial charge in [-0.05, 0) is 19.1 Å². The van der Waals surface area contributed by atoms with Gasteiger partial charge < -0.3 is 9.47 Å². The number of aryl methyl sites for hydroxylation is 1. The van der Waals surface area contributed by atoms with Crippen molar-refractivity contribution in [3.63, 3.8) is 0 Å². The third-order valence-corrected chi connectivity index (χ3v) is 4.24. The summed E-state index contributed by atoms with van der Waals surface area (Å²) >= 11 is 0. The molecule has 6 nitrogen and oxygen atoms in total. The number of nitriles is 1. The number of anilines is 1. The average Bonchev–Trinajstić information content (AvgIpc) is 2.94. The molecule has 22 heavy (non-hydrogen) atoms. The van der Waals surface area contributed by atoms with E-state index in [0.717, 1.165) is 37.8 Å². The van der Waals surface area contributed by atoms with E-state index in [1.807, 2.05) is 31.6 Å². The molecule has 0 spiro atoms. The molecule has 0 N–H and O–H groups in total. The highest BCUT2D eigenvalue weighted by Crippen LogP contribution is 2.21. The monoisotopic (exact) mass is 296 g/mol. The fourth-order valence-corrected chi connectivity index (χ4v) is 2.89. The first-order valence-corrected chi connectivity index (χ1v) is 7.49. The Morgan fingerprint density at radius 1 is 1.32 bits per heavy atom. The summed E-state index contributed by atoms with van der Waals surface area (Å²) in [5.74, 6) is 1.88. The van der Waals surface area contributed by atoms with Crippen molar-refractivity contribution in [2.45, 2.75) is 19.5 Å². The van der Waals surface area contributed by atoms with Gasteiger partial charge in [0.05, 0.1) is 12.1 Å². The molecule has 0 amide bonds. The molecule has 1 aliphatic heterocycles. The maximum Gasteiger partial charge on any atom is 0.146 e. The van der Waals surface area contributed by atoms with Crippen LogP contribution in [0.3, 0.4) is 0 Å². The third kappa shape index (κ3) is 2.81. The molecule has 0 bridgehead atoms. The molecule has 1 atom stereocenters. The summed E-state index contributed by atoms with van der Waals surface area (Å²) in [6, 6.07) is 6.25. The van der Waals surface area contributed by atoms with Crippen LogP contribution >= 0.6 is 0 Å². The normalized spacial score (nSPS) is 19.1. The van der Waals surface area contributed by atoms with Gasteiger partial charge in [-0.3, -0.25) is 4.90 Å². The van der Waals surface area contributed by atoms with E-state index in [-0.39, 0.29) is 0 Å². The Hall–Kier alpha value is -2.39. The molecule has 114 valence electrons. The minimum absolute atomic E-state index is 0.388. The second kappa shape index (κ2) is 6.16. The molecule has 6 heteroatoms. The SMILES string of the molecule is CC1CN(c2ncccc2C#N)CCN1Cc1nccn1C. The minimum Gasteiger partial charge on any atom is -0.353 e. The van der Waals surface area contributed by atoms with E-state index in [0.29, 0.717) is 11.6 Å². The highest BCUT2D eigenvalue weighted by atomic mass is 15.3. The van der Waals surface area contributed by atoms with Crippen LogP contribution in [0.15, 0.2) is 30.7 Å². The summed E-state index contributed by atoms with van der Waals surface area (Å²) in [7, 11) is 2.02. The Morgan fingerprint density at radius 2 is 2.18 bits per heavy atom. The van der Waals surface area contributed by atoms with E-state index in [2.05, 4.69) is 37.3 Å². The van der Waals surface area contributed by atoms with Crippen molar-refractivity contribution in [1.82, 2.24) is 19.4 Å². The van der Waals surface area contributed by atoms with Gasteiger partial charge >= 0.3 is 0 Å². The fraction of sp³-hybridized carbons (Fsp3) is 0.438. The molecule has 1 aliphatic rings. The van der Waals surface area contributed by atoms with Crippen LogP contribution in [-0.2, 0) is 13.6 Å². The molecule has 3 heterocycles. The molecule has 1 fully saturated rings. The number of hydrogen-bond acceptors (Lipinski definition) is 5. The molecule has 0 radical (unpaired) electrons. The standard InChI is InChI=1S/C16H20N6/c1-13-11-22(16-14(10-17)4-3-5-19-16)9-8-21(13)12-15-18-6-7-20(15)2/h3-7,13H,8-9,11-12H2,1-2H3. The van der Waals surface area contributed by atoms with E-state index in [9.17, 15) is 5.26 Å². The van der Waals surface area contributed by atoms with Crippen molar-refractivity contribution in [3.8, 4) is 6.07 Å². The second-order valence-corrected chi connectivity index (χ2v) is 5.71. The Balaban J connectivity index is 1.70. The molecule has 0 saturated carbocycles. The van der Waals surface area contributed by atoms with Crippen LogP contribution in [0.25, 0.3) is 0 Å². The van der Waals surface area contributed by atoms with Crippen LogP contribution in [-0.4, -0.2) is 45.1 Å². The highest BCUT2D eigenvalue weighted by Gasteiger charge is 2.26. The van der Waals surface area contributed by atoms with Crippen molar-refractivity contribution < 1.29 is 0 Å². The molecule has 2 aromatic rings. The van der Waals surface area contributed by atoms with Crippen molar-refractivity contribution in [2.75, 3.05) is 24.5 Å². The number of imidazole rings is 1. The number of nitrogens with zero attached hydrogens (tertiary/aromatic N) is 6. The van der Waals surface area contributed by atoms with E-state index in [4.69, 9.17) is 0 Å². The summed E-state index contributed by atoms with van der Waals surface area (Å²) in [6.45, 7) is 5.75. The largest absolute Gasteiger partial charge is 0.353 e. The predicted molar refractivity (Wildman–Crippen MR) is 84.2 cm³/mol. The van der Waals surface area contributed by atoms with Gasteiger partial charge in [0, 0.05) is 51.3 Å². The van der Waals surface area contributed by atoms with Crippen LogP contribution in [0, 0.1) is 11.3 Å². The summed E-state index contributed by atoms with van der Waals surface area (Å²) in [5.41, 5.74) is 0.646. The average molecular weight is 296 g/mol. The lowest BCUT2D eigenvalue weighted by Gasteiger charge is -2.40. The molecule has 2 aromatic heterocycles. The van der Waals surface area contributed by atoms with E-state index >= 15 is 0 Å². The van der Waals surface area contributed by atoms with Crippen molar-refractivity contribution in [1.29, 1.82) is 5.26 Å². The zero-order valence-corrected chi connectivity index (χ0v) is 13.0. The molecule has 1 unspecified atom stereocenters. The number of aromatic nitrogens is 3. The first-order valence-electron chi connectivity index (χ1n) is 7.49. The van der Waals surface area contributed by atoms with E-state index in [1.54, 1.807) is 6.20 Å². The van der Waals surface area contributed by atoms with Gasteiger partial charge in [0.1, 0.15) is 17.7 Å². The summed E-state index contributed by atoms with van der Waals surface area (Å²) in [4.78, 5) is 13.4. The van der Waals surface area contributed by atoms with Gasteiger partial charge in [-0.1, -0.05) is 0 Å². The van der Waals surface area contributed by atoms with Crippen LogP contribution in [0.1, 0.15) is 18.3 Å². The van der Waals surface area contributed by atoms with Gasteiger partial charge in [-0.2, -0.15) is 5.26 Å². The summed E-state index contributed by atoms with van der Waals surface area (Å²) in [6.07, 6.45) is 5.56. The van der Waals surface area contributed by atoms with Gasteiger partial charge in [0.15, 0.2) is 0 Å². The maximum absolute atomic E-state index is 9.23. The van der Waals surface area contributed by atoms with Gasteiger partial charge in [0.2, 0.25) is 0 Å². The van der Waals surface area contributed by atoms with Crippen LogP contribution in [0.4, 0.5) is 5.82 Å². The number of hydrogen-bond donors (Lipinski definition) is 0.